The summed E-state index contributed by atoms with van der Waals surface area (Å²) in [5.41, 5.74) is 2.02. The van der Waals surface area contributed by atoms with Gasteiger partial charge in [0.15, 0.2) is 0 Å². The number of hydrogen-bond acceptors (Lipinski definition) is 2. The van der Waals surface area contributed by atoms with Gasteiger partial charge in [0.25, 0.3) is 11.7 Å². The van der Waals surface area contributed by atoms with Gasteiger partial charge in [-0.05, 0) is 30.5 Å². The minimum Gasteiger partial charge on any atom is -0.338 e. The van der Waals surface area contributed by atoms with Crippen molar-refractivity contribution in [2.24, 2.45) is 0 Å². The van der Waals surface area contributed by atoms with Gasteiger partial charge in [0.05, 0.1) is 12.7 Å². The second-order valence-electron chi connectivity index (χ2n) is 5.62. The second kappa shape index (κ2) is 7.07. The topological polar surface area (TPSA) is 46.5 Å². The van der Waals surface area contributed by atoms with Crippen LogP contribution >= 0.6 is 0 Å². The highest BCUT2D eigenvalue weighted by Crippen LogP contribution is 2.16. The predicted octanol–water partition coefficient (Wildman–Crippen LogP) is 2.39. The molecule has 0 saturated carbocycles. The molecule has 0 aliphatic carbocycles. The van der Waals surface area contributed by atoms with E-state index in [4.69, 9.17) is 0 Å². The number of carbonyl (C=O) groups is 1. The average Bonchev–Trinajstić information content (AvgIpc) is 3.10. The summed E-state index contributed by atoms with van der Waals surface area (Å²) in [7, 11) is 0. The molecule has 1 aliphatic rings. The Morgan fingerprint density at radius 3 is 2.64 bits per heavy atom. The van der Waals surface area contributed by atoms with E-state index in [9.17, 15) is 4.79 Å². The molecule has 1 aromatic heterocycles. The number of aromatic amines is 1. The minimum atomic E-state index is 0.122. The Morgan fingerprint density at radius 2 is 1.86 bits per heavy atom. The number of anilines is 1. The molecule has 1 aromatic carbocycles. The molecule has 0 spiro atoms. The summed E-state index contributed by atoms with van der Waals surface area (Å²) in [5.74, 6) is 0.937. The lowest BCUT2D eigenvalue weighted by atomic mass is 10.1. The highest BCUT2D eigenvalue weighted by molar-refractivity contribution is 5.98. The van der Waals surface area contributed by atoms with Gasteiger partial charge < -0.3 is 4.90 Å². The number of amides is 1. The van der Waals surface area contributed by atoms with Crippen LogP contribution in [0.3, 0.4) is 0 Å². The molecule has 2 aromatic rings. The third-order valence-electron chi connectivity index (χ3n) is 4.04. The van der Waals surface area contributed by atoms with Crippen molar-refractivity contribution in [1.29, 1.82) is 0 Å². The van der Waals surface area contributed by atoms with Gasteiger partial charge in [-0.15, -0.1) is 0 Å². The Kier molecular flexibility index (Phi) is 4.68. The number of hydrogen-bond donors (Lipinski definition) is 1. The van der Waals surface area contributed by atoms with Gasteiger partial charge in [-0.25, -0.2) is 4.98 Å². The van der Waals surface area contributed by atoms with E-state index in [1.54, 1.807) is 0 Å². The van der Waals surface area contributed by atoms with E-state index in [1.807, 2.05) is 41.4 Å². The number of nitrogens with zero attached hydrogens (tertiary/aromatic N) is 1. The van der Waals surface area contributed by atoms with E-state index in [-0.39, 0.29) is 5.91 Å². The lowest BCUT2D eigenvalue weighted by molar-refractivity contribution is -0.361. The van der Waals surface area contributed by atoms with Crippen LogP contribution in [0.4, 0.5) is 5.82 Å². The van der Waals surface area contributed by atoms with E-state index in [1.165, 1.54) is 5.56 Å². The zero-order valence-electron chi connectivity index (χ0n) is 12.7. The maximum absolute atomic E-state index is 12.6. The lowest BCUT2D eigenvalue weighted by Gasteiger charge is -2.15. The number of carbonyl (C=O) groups excluding carboxylic acids is 1. The van der Waals surface area contributed by atoms with Crippen molar-refractivity contribution in [3.63, 3.8) is 0 Å². The van der Waals surface area contributed by atoms with Crippen molar-refractivity contribution < 1.29 is 9.78 Å². The molecule has 0 unspecified atom stereocenters. The molecular formula is C18H22N3O+. The molecular weight excluding hydrogens is 274 g/mol. The fourth-order valence-electron chi connectivity index (χ4n) is 2.83. The Balaban J connectivity index is 1.64. The highest BCUT2D eigenvalue weighted by atomic mass is 16.2. The summed E-state index contributed by atoms with van der Waals surface area (Å²) in [6.07, 6.45) is 5.00. The summed E-state index contributed by atoms with van der Waals surface area (Å²) in [6, 6.07) is 14.1. The molecule has 1 saturated heterocycles. The number of benzene rings is 1. The first-order valence-corrected chi connectivity index (χ1v) is 7.92. The summed E-state index contributed by atoms with van der Waals surface area (Å²) in [5, 5.41) is 3.36. The predicted molar refractivity (Wildman–Crippen MR) is 86.8 cm³/mol. The van der Waals surface area contributed by atoms with Crippen LogP contribution in [0, 0.1) is 0 Å². The Morgan fingerprint density at radius 1 is 1.09 bits per heavy atom. The van der Waals surface area contributed by atoms with E-state index in [2.05, 4.69) is 22.4 Å². The van der Waals surface area contributed by atoms with Crippen molar-refractivity contribution in [2.45, 2.75) is 19.3 Å². The summed E-state index contributed by atoms with van der Waals surface area (Å²) < 4.78 is 0. The molecule has 0 atom stereocenters. The molecule has 2 heterocycles. The quantitative estimate of drug-likeness (QED) is 0.921. The largest absolute Gasteiger partial charge is 0.338 e. The van der Waals surface area contributed by atoms with Gasteiger partial charge >= 0.3 is 0 Å². The molecule has 0 bridgehead atoms. The molecule has 1 aliphatic heterocycles. The van der Waals surface area contributed by atoms with Gasteiger partial charge in [0, 0.05) is 19.5 Å². The molecule has 4 nitrogen and oxygen atoms in total. The molecule has 1 fully saturated rings. The second-order valence-corrected chi connectivity index (χ2v) is 5.62. The van der Waals surface area contributed by atoms with Crippen molar-refractivity contribution >= 4 is 11.7 Å². The van der Waals surface area contributed by atoms with Gasteiger partial charge in [-0.3, -0.25) is 10.1 Å². The Hall–Kier alpha value is -2.36. The number of likely N-dealkylation sites (tertiary alicyclic amines) is 1. The van der Waals surface area contributed by atoms with Gasteiger partial charge in [0.2, 0.25) is 0 Å². The van der Waals surface area contributed by atoms with Crippen LogP contribution in [0.5, 0.6) is 0 Å². The number of rotatable bonds is 5. The maximum Gasteiger partial charge on any atom is 0.285 e. The highest BCUT2D eigenvalue weighted by Gasteiger charge is 2.24. The SMILES string of the molecule is O=C(c1ccc[nH+]c1NCCc1ccccc1)N1CCCC1. The molecule has 22 heavy (non-hydrogen) atoms. The van der Waals surface area contributed by atoms with Crippen molar-refractivity contribution in [3.05, 3.63) is 59.8 Å². The Labute approximate surface area is 131 Å². The normalized spacial score (nSPS) is 14.1. The standard InChI is InChI=1S/C18H21N3O/c22-18(21-13-4-5-14-21)16-9-6-11-19-17(16)20-12-10-15-7-2-1-3-8-15/h1-3,6-9,11H,4-5,10,12-14H2,(H,19,20)/p+1. The van der Waals surface area contributed by atoms with Crippen LogP contribution in [0.1, 0.15) is 28.8 Å². The van der Waals surface area contributed by atoms with Crippen molar-refractivity contribution in [3.8, 4) is 0 Å². The fraction of sp³-hybridized carbons (Fsp3) is 0.333. The third kappa shape index (κ3) is 3.45. The van der Waals surface area contributed by atoms with Gasteiger partial charge in [0.1, 0.15) is 5.56 Å². The summed E-state index contributed by atoms with van der Waals surface area (Å²) in [4.78, 5) is 17.7. The van der Waals surface area contributed by atoms with Crippen molar-refractivity contribution in [2.75, 3.05) is 25.0 Å². The van der Waals surface area contributed by atoms with Crippen LogP contribution in [0.15, 0.2) is 48.7 Å². The van der Waals surface area contributed by atoms with E-state index in [0.717, 1.165) is 50.3 Å². The average molecular weight is 296 g/mol. The zero-order chi connectivity index (χ0) is 15.2. The van der Waals surface area contributed by atoms with Crippen LogP contribution in [-0.4, -0.2) is 30.4 Å². The summed E-state index contributed by atoms with van der Waals surface area (Å²) >= 11 is 0. The number of nitrogens with one attached hydrogen (secondary N) is 2. The monoisotopic (exact) mass is 296 g/mol. The van der Waals surface area contributed by atoms with Crippen LogP contribution in [-0.2, 0) is 6.42 Å². The number of pyridine rings is 1. The fourth-order valence-corrected chi connectivity index (χ4v) is 2.83. The van der Waals surface area contributed by atoms with Gasteiger partial charge in [-0.2, -0.15) is 0 Å². The molecule has 2 N–H and O–H groups in total. The Bertz CT molecular complexity index is 621. The molecule has 4 heteroatoms. The third-order valence-corrected chi connectivity index (χ3v) is 4.04. The molecule has 1 amide bonds. The first kappa shape index (κ1) is 14.6. The van der Waals surface area contributed by atoms with Crippen LogP contribution < -0.4 is 10.3 Å². The lowest BCUT2D eigenvalue weighted by Crippen LogP contribution is -2.30. The molecule has 114 valence electrons. The smallest absolute Gasteiger partial charge is 0.285 e. The van der Waals surface area contributed by atoms with Gasteiger partial charge in [-0.1, -0.05) is 30.3 Å². The first-order valence-electron chi connectivity index (χ1n) is 7.92. The van der Waals surface area contributed by atoms with E-state index in [0.29, 0.717) is 0 Å². The van der Waals surface area contributed by atoms with E-state index >= 15 is 0 Å². The van der Waals surface area contributed by atoms with E-state index < -0.39 is 0 Å². The maximum atomic E-state index is 12.6. The van der Waals surface area contributed by atoms with Crippen molar-refractivity contribution in [1.82, 2.24) is 4.90 Å². The first-order chi connectivity index (χ1) is 10.8. The molecule has 3 rings (SSSR count). The number of aromatic nitrogens is 1. The number of H-pyrrole nitrogens is 1. The molecule has 0 radical (unpaired) electrons. The summed E-state index contributed by atoms with van der Waals surface area (Å²) in [6.45, 7) is 2.54. The zero-order valence-corrected chi connectivity index (χ0v) is 12.7. The minimum absolute atomic E-state index is 0.122. The van der Waals surface area contributed by atoms with Crippen LogP contribution in [0.2, 0.25) is 0 Å². The van der Waals surface area contributed by atoms with Crippen LogP contribution in [0.25, 0.3) is 0 Å².